The number of cyclic esters (lactones) is 1. The first-order chi connectivity index (χ1) is 9.60. The monoisotopic (exact) mass is 282 g/mol. The second-order valence-corrected chi connectivity index (χ2v) is 4.33. The van der Waals surface area contributed by atoms with E-state index in [4.69, 9.17) is 4.74 Å². The van der Waals surface area contributed by atoms with E-state index in [9.17, 15) is 14.0 Å². The van der Waals surface area contributed by atoms with Crippen molar-refractivity contribution in [3.05, 3.63) is 30.1 Å². The van der Waals surface area contributed by atoms with Gasteiger partial charge in [0.25, 0.3) is 0 Å². The number of methoxy groups -OCH3 is 1. The van der Waals surface area contributed by atoms with E-state index in [0.717, 1.165) is 0 Å². The zero-order valence-corrected chi connectivity index (χ0v) is 11.0. The largest absolute Gasteiger partial charge is 0.442 e. The van der Waals surface area contributed by atoms with Crippen LogP contribution in [0.4, 0.5) is 14.9 Å². The summed E-state index contributed by atoms with van der Waals surface area (Å²) in [5.74, 6) is -0.645. The molecule has 7 heteroatoms. The van der Waals surface area contributed by atoms with E-state index in [-0.39, 0.29) is 24.9 Å². The lowest BCUT2D eigenvalue weighted by molar-refractivity contribution is -0.125. The number of hydrogen-bond donors (Lipinski definition) is 1. The summed E-state index contributed by atoms with van der Waals surface area (Å²) >= 11 is 0. The number of anilines is 1. The molecule has 0 bridgehead atoms. The van der Waals surface area contributed by atoms with Crippen molar-refractivity contribution in [2.45, 2.75) is 6.10 Å². The summed E-state index contributed by atoms with van der Waals surface area (Å²) < 4.78 is 22.6. The SMILES string of the molecule is COCC(=O)NCC1CN(c2ccc(F)cc2)C(=O)O1. The lowest BCUT2D eigenvalue weighted by atomic mass is 10.2. The van der Waals surface area contributed by atoms with Crippen LogP contribution in [0.25, 0.3) is 0 Å². The van der Waals surface area contributed by atoms with Crippen LogP contribution in [0.2, 0.25) is 0 Å². The molecule has 1 heterocycles. The maximum Gasteiger partial charge on any atom is 0.414 e. The lowest BCUT2D eigenvalue weighted by Crippen LogP contribution is -2.36. The van der Waals surface area contributed by atoms with Crippen LogP contribution in [-0.4, -0.2) is 44.9 Å². The molecule has 6 nitrogen and oxygen atoms in total. The highest BCUT2D eigenvalue weighted by molar-refractivity contribution is 5.89. The third-order valence-electron chi connectivity index (χ3n) is 2.81. The van der Waals surface area contributed by atoms with Crippen LogP contribution in [0.5, 0.6) is 0 Å². The molecular formula is C13H15FN2O4. The molecular weight excluding hydrogens is 267 g/mol. The van der Waals surface area contributed by atoms with Gasteiger partial charge in [0.15, 0.2) is 0 Å². The molecule has 0 radical (unpaired) electrons. The molecule has 108 valence electrons. The van der Waals surface area contributed by atoms with Crippen LogP contribution in [0.1, 0.15) is 0 Å². The lowest BCUT2D eigenvalue weighted by Gasteiger charge is -2.12. The third kappa shape index (κ3) is 3.45. The van der Waals surface area contributed by atoms with Gasteiger partial charge in [-0.1, -0.05) is 0 Å². The van der Waals surface area contributed by atoms with Gasteiger partial charge in [0.05, 0.1) is 13.1 Å². The Bertz CT molecular complexity index is 492. The maximum absolute atomic E-state index is 12.8. The Kier molecular flexibility index (Phi) is 4.52. The van der Waals surface area contributed by atoms with Crippen LogP contribution in [0.15, 0.2) is 24.3 Å². The molecule has 1 aliphatic heterocycles. The normalized spacial score (nSPS) is 18.0. The smallest absolute Gasteiger partial charge is 0.414 e. The van der Waals surface area contributed by atoms with Gasteiger partial charge in [-0.3, -0.25) is 9.69 Å². The number of amides is 2. The van der Waals surface area contributed by atoms with Crippen molar-refractivity contribution in [2.75, 3.05) is 31.7 Å². The van der Waals surface area contributed by atoms with E-state index in [2.05, 4.69) is 10.1 Å². The molecule has 1 saturated heterocycles. The van der Waals surface area contributed by atoms with Gasteiger partial charge in [-0.05, 0) is 24.3 Å². The summed E-state index contributed by atoms with van der Waals surface area (Å²) in [6, 6.07) is 5.55. The maximum atomic E-state index is 12.8. The van der Waals surface area contributed by atoms with E-state index in [1.165, 1.54) is 36.3 Å². The Labute approximate surface area is 115 Å². The van der Waals surface area contributed by atoms with Crippen molar-refractivity contribution in [1.82, 2.24) is 5.32 Å². The summed E-state index contributed by atoms with van der Waals surface area (Å²) in [7, 11) is 1.42. The van der Waals surface area contributed by atoms with Gasteiger partial charge in [0.2, 0.25) is 5.91 Å². The molecule has 0 aromatic heterocycles. The number of rotatable bonds is 5. The molecule has 1 aliphatic rings. The minimum absolute atomic E-state index is 0.0393. The van der Waals surface area contributed by atoms with Crippen molar-refractivity contribution in [3.8, 4) is 0 Å². The van der Waals surface area contributed by atoms with Crippen LogP contribution in [-0.2, 0) is 14.3 Å². The number of nitrogens with one attached hydrogen (secondary N) is 1. The van der Waals surface area contributed by atoms with Crippen LogP contribution < -0.4 is 10.2 Å². The first-order valence-electron chi connectivity index (χ1n) is 6.09. The highest BCUT2D eigenvalue weighted by Gasteiger charge is 2.32. The number of carbonyl (C=O) groups excluding carboxylic acids is 2. The fourth-order valence-corrected chi connectivity index (χ4v) is 1.87. The summed E-state index contributed by atoms with van der Waals surface area (Å²) in [4.78, 5) is 24.3. The highest BCUT2D eigenvalue weighted by atomic mass is 19.1. The second-order valence-electron chi connectivity index (χ2n) is 4.33. The topological polar surface area (TPSA) is 67.9 Å². The molecule has 1 atom stereocenters. The number of hydrogen-bond acceptors (Lipinski definition) is 4. The average molecular weight is 282 g/mol. The number of halogens is 1. The Morgan fingerprint density at radius 2 is 2.20 bits per heavy atom. The second kappa shape index (κ2) is 6.33. The Balaban J connectivity index is 1.90. The molecule has 1 aromatic rings. The summed E-state index contributed by atoms with van der Waals surface area (Å²) in [6.07, 6.45) is -0.948. The van der Waals surface area contributed by atoms with Gasteiger partial charge in [-0.2, -0.15) is 0 Å². The fraction of sp³-hybridized carbons (Fsp3) is 0.385. The summed E-state index contributed by atoms with van der Waals surface area (Å²) in [6.45, 7) is 0.478. The van der Waals surface area contributed by atoms with Crippen molar-refractivity contribution in [3.63, 3.8) is 0 Å². The summed E-state index contributed by atoms with van der Waals surface area (Å²) in [5.41, 5.74) is 0.558. The van der Waals surface area contributed by atoms with Gasteiger partial charge >= 0.3 is 6.09 Å². The molecule has 1 fully saturated rings. The summed E-state index contributed by atoms with van der Waals surface area (Å²) in [5, 5.41) is 2.60. The third-order valence-corrected chi connectivity index (χ3v) is 2.81. The van der Waals surface area contributed by atoms with Gasteiger partial charge in [-0.15, -0.1) is 0 Å². The fourth-order valence-electron chi connectivity index (χ4n) is 1.87. The van der Waals surface area contributed by atoms with Crippen LogP contribution in [0, 0.1) is 5.82 Å². The minimum Gasteiger partial charge on any atom is -0.442 e. The number of ether oxygens (including phenoxy) is 2. The van der Waals surface area contributed by atoms with Crippen LogP contribution >= 0.6 is 0 Å². The van der Waals surface area contributed by atoms with E-state index in [0.29, 0.717) is 12.2 Å². The predicted molar refractivity (Wildman–Crippen MR) is 68.9 cm³/mol. The molecule has 0 saturated carbocycles. The molecule has 1 aromatic carbocycles. The van der Waals surface area contributed by atoms with E-state index < -0.39 is 12.2 Å². The van der Waals surface area contributed by atoms with Gasteiger partial charge in [0, 0.05) is 12.8 Å². The van der Waals surface area contributed by atoms with Crippen molar-refractivity contribution in [2.24, 2.45) is 0 Å². The van der Waals surface area contributed by atoms with Gasteiger partial charge in [-0.25, -0.2) is 9.18 Å². The molecule has 2 rings (SSSR count). The molecule has 0 aliphatic carbocycles. The molecule has 20 heavy (non-hydrogen) atoms. The highest BCUT2D eigenvalue weighted by Crippen LogP contribution is 2.21. The Morgan fingerprint density at radius 1 is 1.50 bits per heavy atom. The predicted octanol–water partition coefficient (Wildman–Crippen LogP) is 0.913. The zero-order chi connectivity index (χ0) is 14.5. The Morgan fingerprint density at radius 3 is 2.85 bits per heavy atom. The van der Waals surface area contributed by atoms with Crippen molar-refractivity contribution in [1.29, 1.82) is 0 Å². The number of benzene rings is 1. The molecule has 2 amide bonds. The average Bonchev–Trinajstić information content (AvgIpc) is 2.79. The first kappa shape index (κ1) is 14.3. The molecule has 0 spiro atoms. The molecule has 1 N–H and O–H groups in total. The minimum atomic E-state index is -0.511. The quantitative estimate of drug-likeness (QED) is 0.871. The van der Waals surface area contributed by atoms with Crippen LogP contribution in [0.3, 0.4) is 0 Å². The zero-order valence-electron chi connectivity index (χ0n) is 11.0. The number of nitrogens with zero attached hydrogens (tertiary/aromatic N) is 1. The van der Waals surface area contributed by atoms with E-state index in [1.807, 2.05) is 0 Å². The van der Waals surface area contributed by atoms with Crippen molar-refractivity contribution >= 4 is 17.7 Å². The standard InChI is InChI=1S/C13H15FN2O4/c1-19-8-12(17)15-6-11-7-16(13(18)20-11)10-4-2-9(14)3-5-10/h2-5,11H,6-8H2,1H3,(H,15,17). The van der Waals surface area contributed by atoms with E-state index >= 15 is 0 Å². The first-order valence-corrected chi connectivity index (χ1v) is 6.09. The Hall–Kier alpha value is -2.15. The molecule has 1 unspecified atom stereocenters. The van der Waals surface area contributed by atoms with Gasteiger partial charge < -0.3 is 14.8 Å². The number of carbonyl (C=O) groups is 2. The van der Waals surface area contributed by atoms with E-state index in [1.54, 1.807) is 0 Å². The van der Waals surface area contributed by atoms with Crippen molar-refractivity contribution < 1.29 is 23.5 Å². The van der Waals surface area contributed by atoms with Gasteiger partial charge in [0.1, 0.15) is 18.5 Å².